The van der Waals surface area contributed by atoms with Crippen molar-refractivity contribution in [2.45, 2.75) is 39.3 Å². The van der Waals surface area contributed by atoms with Crippen LogP contribution in [0.3, 0.4) is 0 Å². The van der Waals surface area contributed by atoms with Crippen molar-refractivity contribution in [3.63, 3.8) is 0 Å². The maximum absolute atomic E-state index is 11.4. The van der Waals surface area contributed by atoms with Crippen LogP contribution in [0, 0.1) is 0 Å². The largest absolute Gasteiger partial charge is 0.463 e. The fourth-order valence-electron chi connectivity index (χ4n) is 1.19. The first-order chi connectivity index (χ1) is 7.49. The average Bonchev–Trinajstić information content (AvgIpc) is 2.18. The standard InChI is InChI=1S/C11H16O5/c1-7(2)15-11-10(13)5-4-9(16-11)6-14-8(3)12/h4-5,7,9,11H,6H2,1-3H3/t9?,11-/m0/s1. The van der Waals surface area contributed by atoms with E-state index in [1.807, 2.05) is 13.8 Å². The summed E-state index contributed by atoms with van der Waals surface area (Å²) in [6, 6.07) is 0. The number of ether oxygens (including phenoxy) is 3. The van der Waals surface area contributed by atoms with Gasteiger partial charge in [0.05, 0.1) is 6.10 Å². The second-order valence-corrected chi connectivity index (χ2v) is 3.76. The van der Waals surface area contributed by atoms with E-state index in [4.69, 9.17) is 14.2 Å². The van der Waals surface area contributed by atoms with Gasteiger partial charge in [0.15, 0.2) is 0 Å². The molecule has 5 nitrogen and oxygen atoms in total. The molecule has 5 heteroatoms. The third-order valence-electron chi connectivity index (χ3n) is 1.85. The number of rotatable bonds is 4. The quantitative estimate of drug-likeness (QED) is 0.667. The van der Waals surface area contributed by atoms with Gasteiger partial charge in [0.1, 0.15) is 12.7 Å². The molecule has 0 aromatic rings. The molecule has 0 saturated carbocycles. The lowest BCUT2D eigenvalue weighted by atomic mass is 10.2. The summed E-state index contributed by atoms with van der Waals surface area (Å²) < 4.78 is 15.4. The van der Waals surface area contributed by atoms with Crippen LogP contribution < -0.4 is 0 Å². The number of carbonyl (C=O) groups is 2. The zero-order valence-electron chi connectivity index (χ0n) is 9.64. The molecule has 1 heterocycles. The Labute approximate surface area is 94.4 Å². The lowest BCUT2D eigenvalue weighted by Crippen LogP contribution is -2.37. The molecule has 16 heavy (non-hydrogen) atoms. The monoisotopic (exact) mass is 228 g/mol. The maximum Gasteiger partial charge on any atom is 0.302 e. The molecule has 0 aliphatic carbocycles. The van der Waals surface area contributed by atoms with E-state index >= 15 is 0 Å². The highest BCUT2D eigenvalue weighted by atomic mass is 16.7. The predicted octanol–water partition coefficient (Wildman–Crippen LogP) is 0.825. The van der Waals surface area contributed by atoms with Crippen molar-refractivity contribution >= 4 is 11.8 Å². The second kappa shape index (κ2) is 5.77. The molecule has 1 rings (SSSR count). The van der Waals surface area contributed by atoms with Crippen molar-refractivity contribution in [1.29, 1.82) is 0 Å². The molecule has 0 aromatic carbocycles. The summed E-state index contributed by atoms with van der Waals surface area (Å²) in [6.45, 7) is 5.04. The molecular formula is C11H16O5. The minimum atomic E-state index is -0.898. The molecule has 2 atom stereocenters. The Bertz CT molecular complexity index is 295. The third-order valence-corrected chi connectivity index (χ3v) is 1.85. The first-order valence-electron chi connectivity index (χ1n) is 5.15. The summed E-state index contributed by atoms with van der Waals surface area (Å²) in [5.41, 5.74) is 0. The molecule has 0 radical (unpaired) electrons. The van der Waals surface area contributed by atoms with Gasteiger partial charge in [-0.3, -0.25) is 9.59 Å². The van der Waals surface area contributed by atoms with Crippen LogP contribution >= 0.6 is 0 Å². The van der Waals surface area contributed by atoms with Crippen molar-refractivity contribution in [2.24, 2.45) is 0 Å². The molecule has 1 unspecified atom stereocenters. The summed E-state index contributed by atoms with van der Waals surface area (Å²) >= 11 is 0. The van der Waals surface area contributed by atoms with Gasteiger partial charge in [-0.2, -0.15) is 0 Å². The Kier molecular flexibility index (Phi) is 4.64. The Morgan fingerprint density at radius 2 is 2.25 bits per heavy atom. The maximum atomic E-state index is 11.4. The zero-order valence-corrected chi connectivity index (χ0v) is 9.64. The van der Waals surface area contributed by atoms with E-state index in [1.165, 1.54) is 13.0 Å². The molecule has 1 aliphatic rings. The summed E-state index contributed by atoms with van der Waals surface area (Å²) in [5.74, 6) is -0.608. The van der Waals surface area contributed by atoms with Crippen molar-refractivity contribution in [3.8, 4) is 0 Å². The molecule has 90 valence electrons. The Balaban J connectivity index is 2.49. The van der Waals surface area contributed by atoms with Crippen LogP contribution in [0.1, 0.15) is 20.8 Å². The number of ketones is 1. The summed E-state index contributed by atoms with van der Waals surface area (Å²) in [6.07, 6.45) is 1.53. The van der Waals surface area contributed by atoms with E-state index in [0.29, 0.717) is 0 Å². The van der Waals surface area contributed by atoms with Gasteiger partial charge < -0.3 is 14.2 Å². The van der Waals surface area contributed by atoms with Crippen molar-refractivity contribution < 1.29 is 23.8 Å². The first kappa shape index (κ1) is 12.9. The van der Waals surface area contributed by atoms with Crippen LogP contribution in [0.4, 0.5) is 0 Å². The molecule has 0 N–H and O–H groups in total. The predicted molar refractivity (Wildman–Crippen MR) is 55.7 cm³/mol. The lowest BCUT2D eigenvalue weighted by molar-refractivity contribution is -0.194. The molecule has 0 saturated heterocycles. The van der Waals surface area contributed by atoms with Crippen molar-refractivity contribution in [2.75, 3.05) is 6.61 Å². The highest BCUT2D eigenvalue weighted by Crippen LogP contribution is 2.13. The normalized spacial score (nSPS) is 24.9. The van der Waals surface area contributed by atoms with Crippen LogP contribution in [-0.4, -0.2) is 36.9 Å². The summed E-state index contributed by atoms with van der Waals surface area (Å²) in [4.78, 5) is 22.0. The van der Waals surface area contributed by atoms with E-state index in [1.54, 1.807) is 6.08 Å². The van der Waals surface area contributed by atoms with Gasteiger partial charge >= 0.3 is 5.97 Å². The van der Waals surface area contributed by atoms with E-state index in [-0.39, 0.29) is 24.5 Å². The number of hydrogen-bond donors (Lipinski definition) is 0. The Morgan fingerprint density at radius 3 is 2.81 bits per heavy atom. The average molecular weight is 228 g/mol. The summed E-state index contributed by atoms with van der Waals surface area (Å²) in [5, 5.41) is 0. The van der Waals surface area contributed by atoms with Gasteiger partial charge in [-0.1, -0.05) is 0 Å². The topological polar surface area (TPSA) is 61.8 Å². The number of esters is 1. The molecule has 0 fully saturated rings. The smallest absolute Gasteiger partial charge is 0.302 e. The van der Waals surface area contributed by atoms with Gasteiger partial charge in [0.2, 0.25) is 12.1 Å². The summed E-state index contributed by atoms with van der Waals surface area (Å²) in [7, 11) is 0. The molecule has 0 amide bonds. The van der Waals surface area contributed by atoms with E-state index in [9.17, 15) is 9.59 Å². The van der Waals surface area contributed by atoms with Gasteiger partial charge in [0, 0.05) is 6.92 Å². The fraction of sp³-hybridized carbons (Fsp3) is 0.636. The first-order valence-corrected chi connectivity index (χ1v) is 5.15. The number of hydrogen-bond acceptors (Lipinski definition) is 5. The van der Waals surface area contributed by atoms with E-state index < -0.39 is 12.4 Å². The molecular weight excluding hydrogens is 212 g/mol. The lowest BCUT2D eigenvalue weighted by Gasteiger charge is -2.25. The third kappa shape index (κ3) is 4.12. The molecule has 0 aromatic heterocycles. The highest BCUT2D eigenvalue weighted by molar-refractivity contribution is 5.93. The van der Waals surface area contributed by atoms with Gasteiger partial charge in [-0.15, -0.1) is 0 Å². The van der Waals surface area contributed by atoms with Crippen LogP contribution in [0.5, 0.6) is 0 Å². The Morgan fingerprint density at radius 1 is 1.56 bits per heavy atom. The molecule has 1 aliphatic heterocycles. The van der Waals surface area contributed by atoms with Gasteiger partial charge in [0.25, 0.3) is 0 Å². The molecule has 0 bridgehead atoms. The van der Waals surface area contributed by atoms with Crippen molar-refractivity contribution in [1.82, 2.24) is 0 Å². The van der Waals surface area contributed by atoms with Crippen molar-refractivity contribution in [3.05, 3.63) is 12.2 Å². The SMILES string of the molecule is CC(=O)OCC1C=CC(=O)[C@@H](OC(C)C)O1. The fourth-order valence-corrected chi connectivity index (χ4v) is 1.19. The zero-order chi connectivity index (χ0) is 12.1. The van der Waals surface area contributed by atoms with Crippen LogP contribution in [0.2, 0.25) is 0 Å². The van der Waals surface area contributed by atoms with Crippen LogP contribution in [0.25, 0.3) is 0 Å². The van der Waals surface area contributed by atoms with E-state index in [0.717, 1.165) is 0 Å². The highest BCUT2D eigenvalue weighted by Gasteiger charge is 2.27. The minimum Gasteiger partial charge on any atom is -0.463 e. The Hall–Kier alpha value is -1.20. The van der Waals surface area contributed by atoms with Gasteiger partial charge in [-0.25, -0.2) is 0 Å². The van der Waals surface area contributed by atoms with Gasteiger partial charge in [-0.05, 0) is 26.0 Å². The molecule has 0 spiro atoms. The second-order valence-electron chi connectivity index (χ2n) is 3.76. The van der Waals surface area contributed by atoms with Crippen LogP contribution in [0.15, 0.2) is 12.2 Å². The van der Waals surface area contributed by atoms with Crippen LogP contribution in [-0.2, 0) is 23.8 Å². The minimum absolute atomic E-state index is 0.0943. The van der Waals surface area contributed by atoms with E-state index in [2.05, 4.69) is 0 Å². The number of carbonyl (C=O) groups excluding carboxylic acids is 2.